The Hall–Kier alpha value is -0.260. The molecule has 0 aromatic heterocycles. The monoisotopic (exact) mass is 166 g/mol. The molecular weight excluding hydrogens is 144 g/mol. The third-order valence-electron chi connectivity index (χ3n) is 3.28. The highest BCUT2D eigenvalue weighted by atomic mass is 14.3. The Bertz CT molecular complexity index is 144. The summed E-state index contributed by atoms with van der Waals surface area (Å²) in [4.78, 5) is 0. The molecule has 1 saturated carbocycles. The molecule has 0 aromatic rings. The predicted octanol–water partition coefficient (Wildman–Crippen LogP) is 4.17. The largest absolute Gasteiger partial charge is 0.100 e. The first kappa shape index (κ1) is 9.83. The van der Waals surface area contributed by atoms with Crippen LogP contribution in [-0.2, 0) is 0 Å². The summed E-state index contributed by atoms with van der Waals surface area (Å²) in [6.45, 7) is 8.40. The molecule has 0 radical (unpaired) electrons. The lowest BCUT2D eigenvalue weighted by molar-refractivity contribution is 0.156. The summed E-state index contributed by atoms with van der Waals surface area (Å²) in [5.74, 6) is 2.13. The van der Waals surface area contributed by atoms with E-state index in [1.54, 1.807) is 0 Å². The number of rotatable bonds is 5. The van der Waals surface area contributed by atoms with E-state index in [9.17, 15) is 0 Å². The van der Waals surface area contributed by atoms with Gasteiger partial charge in [-0.2, -0.15) is 0 Å². The summed E-state index contributed by atoms with van der Waals surface area (Å²) in [6.07, 6.45) is 8.45. The zero-order valence-corrected chi connectivity index (χ0v) is 8.60. The van der Waals surface area contributed by atoms with Gasteiger partial charge in [0.15, 0.2) is 0 Å². The van der Waals surface area contributed by atoms with E-state index in [0.29, 0.717) is 0 Å². The van der Waals surface area contributed by atoms with E-state index < -0.39 is 0 Å². The highest BCUT2D eigenvalue weighted by Gasteiger charge is 2.27. The Kier molecular flexibility index (Phi) is 3.84. The van der Waals surface area contributed by atoms with Crippen LogP contribution in [-0.4, -0.2) is 0 Å². The number of hydrogen-bond acceptors (Lipinski definition) is 0. The van der Waals surface area contributed by atoms with Crippen molar-refractivity contribution >= 4 is 0 Å². The van der Waals surface area contributed by atoms with Gasteiger partial charge in [0, 0.05) is 0 Å². The second kappa shape index (κ2) is 4.69. The molecule has 0 N–H and O–H groups in total. The summed E-state index contributed by atoms with van der Waals surface area (Å²) in [5, 5.41) is 0. The van der Waals surface area contributed by atoms with Crippen LogP contribution in [0.3, 0.4) is 0 Å². The Labute approximate surface area is 77.1 Å². The lowest BCUT2D eigenvalue weighted by Gasteiger charge is -2.36. The van der Waals surface area contributed by atoms with Gasteiger partial charge in [-0.15, -0.1) is 6.58 Å². The minimum absolute atomic E-state index is 1.06. The Morgan fingerprint density at radius 2 is 2.00 bits per heavy atom. The van der Waals surface area contributed by atoms with Gasteiger partial charge in [-0.25, -0.2) is 0 Å². The molecule has 0 aliphatic heterocycles. The second-order valence-corrected chi connectivity index (χ2v) is 4.36. The molecule has 0 saturated heterocycles. The molecule has 12 heavy (non-hydrogen) atoms. The topological polar surface area (TPSA) is 0 Å². The first-order valence-corrected chi connectivity index (χ1v) is 5.38. The Balaban J connectivity index is 2.03. The fourth-order valence-electron chi connectivity index (χ4n) is 2.22. The Morgan fingerprint density at radius 1 is 1.33 bits per heavy atom. The Morgan fingerprint density at radius 3 is 2.42 bits per heavy atom. The van der Waals surface area contributed by atoms with Crippen LogP contribution in [0.5, 0.6) is 0 Å². The lowest BCUT2D eigenvalue weighted by Crippen LogP contribution is -2.24. The van der Waals surface area contributed by atoms with Crippen molar-refractivity contribution in [2.45, 2.75) is 52.4 Å². The predicted molar refractivity (Wildman–Crippen MR) is 55.2 cm³/mol. The van der Waals surface area contributed by atoms with Crippen molar-refractivity contribution < 1.29 is 0 Å². The van der Waals surface area contributed by atoms with Crippen LogP contribution in [0.4, 0.5) is 0 Å². The van der Waals surface area contributed by atoms with Crippen molar-refractivity contribution in [3.05, 3.63) is 12.2 Å². The maximum atomic E-state index is 3.94. The van der Waals surface area contributed by atoms with Crippen LogP contribution in [0.15, 0.2) is 12.2 Å². The third-order valence-corrected chi connectivity index (χ3v) is 3.28. The molecule has 1 fully saturated rings. The first-order chi connectivity index (χ1) is 5.74. The van der Waals surface area contributed by atoms with Crippen LogP contribution < -0.4 is 0 Å². The summed E-state index contributed by atoms with van der Waals surface area (Å²) in [5.41, 5.74) is 1.35. The van der Waals surface area contributed by atoms with Gasteiger partial charge in [0.05, 0.1) is 0 Å². The second-order valence-electron chi connectivity index (χ2n) is 4.36. The van der Waals surface area contributed by atoms with E-state index in [2.05, 4.69) is 20.4 Å². The van der Waals surface area contributed by atoms with Crippen molar-refractivity contribution in [1.82, 2.24) is 0 Å². The molecular formula is C12H22. The fraction of sp³-hybridized carbons (Fsp3) is 0.833. The molecule has 2 atom stereocenters. The van der Waals surface area contributed by atoms with Crippen molar-refractivity contribution in [2.24, 2.45) is 11.8 Å². The number of hydrogen-bond donors (Lipinski definition) is 0. The molecule has 0 nitrogen and oxygen atoms in total. The van der Waals surface area contributed by atoms with Gasteiger partial charge in [-0.3, -0.25) is 0 Å². The lowest BCUT2D eigenvalue weighted by atomic mass is 9.70. The molecule has 70 valence electrons. The van der Waals surface area contributed by atoms with Gasteiger partial charge in [0.2, 0.25) is 0 Å². The van der Waals surface area contributed by atoms with Gasteiger partial charge in [0.1, 0.15) is 0 Å². The van der Waals surface area contributed by atoms with E-state index in [1.165, 1.54) is 44.1 Å². The molecule has 0 spiro atoms. The van der Waals surface area contributed by atoms with Crippen molar-refractivity contribution in [2.75, 3.05) is 0 Å². The molecule has 1 rings (SSSR count). The van der Waals surface area contributed by atoms with Gasteiger partial charge < -0.3 is 0 Å². The fourth-order valence-corrected chi connectivity index (χ4v) is 2.22. The van der Waals surface area contributed by atoms with Crippen LogP contribution >= 0.6 is 0 Å². The third kappa shape index (κ3) is 2.66. The van der Waals surface area contributed by atoms with Gasteiger partial charge in [-0.05, 0) is 50.9 Å². The zero-order valence-electron chi connectivity index (χ0n) is 8.60. The molecule has 0 heteroatoms. The summed E-state index contributed by atoms with van der Waals surface area (Å²) in [6, 6.07) is 0. The van der Waals surface area contributed by atoms with Gasteiger partial charge in [0.25, 0.3) is 0 Å². The van der Waals surface area contributed by atoms with E-state index >= 15 is 0 Å². The highest BCUT2D eigenvalue weighted by Crippen LogP contribution is 2.39. The van der Waals surface area contributed by atoms with E-state index in [-0.39, 0.29) is 0 Å². The van der Waals surface area contributed by atoms with E-state index in [1.807, 2.05) is 0 Å². The van der Waals surface area contributed by atoms with Crippen molar-refractivity contribution in [3.63, 3.8) is 0 Å². The first-order valence-electron chi connectivity index (χ1n) is 5.38. The smallest absolute Gasteiger partial charge is 0.0326 e. The van der Waals surface area contributed by atoms with Gasteiger partial charge in [-0.1, -0.05) is 18.9 Å². The maximum Gasteiger partial charge on any atom is -0.0326 e. The highest BCUT2D eigenvalue weighted by molar-refractivity contribution is 4.88. The molecule has 0 amide bonds. The molecule has 0 bridgehead atoms. The maximum absolute atomic E-state index is 3.94. The van der Waals surface area contributed by atoms with Crippen LogP contribution in [0, 0.1) is 11.8 Å². The molecule has 1 aliphatic carbocycles. The average molecular weight is 166 g/mol. The molecule has 0 aromatic carbocycles. The SMILES string of the molecule is C=C(C)CCCC1CCC1CC. The standard InChI is InChI=1S/C12H22/c1-4-11-8-9-12(11)7-5-6-10(2)3/h11-12H,2,4-9H2,1,3H3. The van der Waals surface area contributed by atoms with E-state index in [4.69, 9.17) is 0 Å². The van der Waals surface area contributed by atoms with E-state index in [0.717, 1.165) is 11.8 Å². The van der Waals surface area contributed by atoms with Gasteiger partial charge >= 0.3 is 0 Å². The zero-order chi connectivity index (χ0) is 8.97. The van der Waals surface area contributed by atoms with Crippen LogP contribution in [0.1, 0.15) is 52.4 Å². The summed E-state index contributed by atoms with van der Waals surface area (Å²) < 4.78 is 0. The van der Waals surface area contributed by atoms with Crippen molar-refractivity contribution in [1.29, 1.82) is 0 Å². The average Bonchev–Trinajstić information content (AvgIpc) is 1.96. The minimum Gasteiger partial charge on any atom is -0.100 e. The van der Waals surface area contributed by atoms with Crippen molar-refractivity contribution in [3.8, 4) is 0 Å². The summed E-state index contributed by atoms with van der Waals surface area (Å²) >= 11 is 0. The molecule has 0 heterocycles. The molecule has 2 unspecified atom stereocenters. The summed E-state index contributed by atoms with van der Waals surface area (Å²) in [7, 11) is 0. The minimum atomic E-state index is 1.06. The molecule has 1 aliphatic rings. The normalized spacial score (nSPS) is 28.2. The van der Waals surface area contributed by atoms with Crippen LogP contribution in [0.2, 0.25) is 0 Å². The van der Waals surface area contributed by atoms with Crippen LogP contribution in [0.25, 0.3) is 0 Å². The quantitative estimate of drug-likeness (QED) is 0.538. The number of allylic oxidation sites excluding steroid dienone is 1.